The van der Waals surface area contributed by atoms with Crippen LogP contribution in [0.5, 0.6) is 0 Å². The average Bonchev–Trinajstić information content (AvgIpc) is 3.24. The van der Waals surface area contributed by atoms with E-state index < -0.39 is 17.9 Å². The molecular formula is C54H105CaLiO9. The number of carbonyl (C=O) groups is 3. The maximum absolute atomic E-state index is 10.2. The van der Waals surface area contributed by atoms with Crippen LogP contribution in [0.2, 0.25) is 0 Å². The van der Waals surface area contributed by atoms with Gasteiger partial charge in [-0.15, -0.1) is 0 Å². The van der Waals surface area contributed by atoms with Crippen molar-refractivity contribution >= 4 is 55.6 Å². The first kappa shape index (κ1) is 74.1. The number of unbranched alkanes of at least 4 members (excludes halogenated alkanes) is 30. The fourth-order valence-electron chi connectivity index (χ4n) is 7.98. The number of carboxylic acids is 3. The Morgan fingerprint density at radius 1 is 0.292 bits per heavy atom. The van der Waals surface area contributed by atoms with E-state index in [0.29, 0.717) is 0 Å². The molecule has 0 aliphatic rings. The molecule has 0 aromatic heterocycles. The molecule has 0 aliphatic heterocycles. The minimum Gasteiger partial charge on any atom is -0.550 e. The Kier molecular flexibility index (Phi) is 73.1. The molecule has 65 heavy (non-hydrogen) atoms. The number of rotatable bonds is 48. The van der Waals surface area contributed by atoms with Gasteiger partial charge in [0.2, 0.25) is 0 Å². The second-order valence-corrected chi connectivity index (χ2v) is 18.7. The van der Waals surface area contributed by atoms with E-state index in [1.807, 2.05) is 0 Å². The molecule has 0 heterocycles. The molecule has 0 saturated heterocycles. The van der Waals surface area contributed by atoms with Crippen LogP contribution in [0.3, 0.4) is 0 Å². The zero-order chi connectivity index (χ0) is 47.3. The van der Waals surface area contributed by atoms with Crippen molar-refractivity contribution in [2.45, 2.75) is 328 Å². The molecule has 3 atom stereocenters. The summed E-state index contributed by atoms with van der Waals surface area (Å²) in [4.78, 5) is 30.7. The fraction of sp³-hybridized carbons (Fsp3) is 0.944. The van der Waals surface area contributed by atoms with Crippen molar-refractivity contribution in [1.82, 2.24) is 0 Å². The smallest absolute Gasteiger partial charge is 0.550 e. The number of carboxylic acid groups (broad SMARTS) is 3. The van der Waals surface area contributed by atoms with Crippen LogP contribution < -0.4 is 34.2 Å². The van der Waals surface area contributed by atoms with Gasteiger partial charge >= 0.3 is 56.6 Å². The van der Waals surface area contributed by atoms with Crippen LogP contribution in [0, 0.1) is 0 Å². The van der Waals surface area contributed by atoms with E-state index in [4.69, 9.17) is 0 Å². The molecule has 0 aliphatic carbocycles. The van der Waals surface area contributed by atoms with Gasteiger partial charge in [0.05, 0.1) is 18.3 Å². The van der Waals surface area contributed by atoms with E-state index in [-0.39, 0.29) is 94.2 Å². The minimum absolute atomic E-state index is 0. The summed E-state index contributed by atoms with van der Waals surface area (Å²) in [5.41, 5.74) is 0. The summed E-state index contributed by atoms with van der Waals surface area (Å²) in [6.07, 6.45) is 47.8. The van der Waals surface area contributed by atoms with Gasteiger partial charge in [-0.05, 0) is 77.0 Å². The topological polar surface area (TPSA) is 181 Å². The van der Waals surface area contributed by atoms with Gasteiger partial charge in [0, 0.05) is 17.9 Å². The summed E-state index contributed by atoms with van der Waals surface area (Å²) >= 11 is 0. The number of hydrogen-bond donors (Lipinski definition) is 3. The standard InChI is InChI=1S/3C18H36O3.Ca.Li/c3*1-2-3-4-11-14-17(19)15-12-9-7-5-6-8-10-13-16-18(20)21;;/h3*17,19H,2-16H2,1H3,(H,20,21);;/q;;;+2;+1/p-3. The summed E-state index contributed by atoms with van der Waals surface area (Å²) in [5, 5.41) is 60.2. The molecule has 0 amide bonds. The molecule has 3 N–H and O–H groups in total. The maximum Gasteiger partial charge on any atom is 2.00 e. The summed E-state index contributed by atoms with van der Waals surface area (Å²) in [6, 6.07) is 0. The third-order valence-corrected chi connectivity index (χ3v) is 12.2. The Bertz CT molecular complexity index is 815. The summed E-state index contributed by atoms with van der Waals surface area (Å²) < 4.78 is 0. The van der Waals surface area contributed by atoms with E-state index in [0.717, 1.165) is 116 Å². The minimum atomic E-state index is -0.928. The number of aliphatic carboxylic acids is 3. The molecule has 0 bridgehead atoms. The van der Waals surface area contributed by atoms with Crippen LogP contribution in [-0.2, 0) is 14.4 Å². The van der Waals surface area contributed by atoms with Crippen molar-refractivity contribution < 1.29 is 63.9 Å². The second-order valence-electron chi connectivity index (χ2n) is 18.7. The Labute approximate surface area is 444 Å². The predicted octanol–water partition coefficient (Wildman–Crippen LogP) is 8.53. The van der Waals surface area contributed by atoms with Gasteiger partial charge in [0.15, 0.2) is 0 Å². The molecule has 3 unspecified atom stereocenters. The predicted molar refractivity (Wildman–Crippen MR) is 264 cm³/mol. The van der Waals surface area contributed by atoms with Crippen LogP contribution in [-0.4, -0.2) is 89.3 Å². The summed E-state index contributed by atoms with van der Waals surface area (Å²) in [7, 11) is 0. The number of aliphatic hydroxyl groups is 3. The molecular weight excluding hydrogens is 840 g/mol. The van der Waals surface area contributed by atoms with Crippen molar-refractivity contribution in [1.29, 1.82) is 0 Å². The first-order valence-corrected chi connectivity index (χ1v) is 27.1. The van der Waals surface area contributed by atoms with Gasteiger partial charge < -0.3 is 45.0 Å². The quantitative estimate of drug-likeness (QED) is 0.0398. The van der Waals surface area contributed by atoms with Crippen molar-refractivity contribution in [2.75, 3.05) is 0 Å². The van der Waals surface area contributed by atoms with Crippen molar-refractivity contribution in [3.8, 4) is 0 Å². The Hall–Kier alpha value is 0.147. The van der Waals surface area contributed by atoms with E-state index in [9.17, 15) is 45.0 Å². The number of hydrogen-bond acceptors (Lipinski definition) is 9. The van der Waals surface area contributed by atoms with Gasteiger partial charge in [-0.2, -0.15) is 0 Å². The normalized spacial score (nSPS) is 12.1. The van der Waals surface area contributed by atoms with Crippen LogP contribution in [0.15, 0.2) is 0 Å². The van der Waals surface area contributed by atoms with Crippen molar-refractivity contribution in [3.63, 3.8) is 0 Å². The second kappa shape index (κ2) is 64.1. The van der Waals surface area contributed by atoms with Gasteiger partial charge in [-0.25, -0.2) is 0 Å². The van der Waals surface area contributed by atoms with Crippen LogP contribution in [0.1, 0.15) is 310 Å². The Balaban J connectivity index is -0.000000273. The third kappa shape index (κ3) is 75.9. The molecule has 0 aromatic rings. The first-order valence-electron chi connectivity index (χ1n) is 27.1. The maximum atomic E-state index is 10.2. The van der Waals surface area contributed by atoms with Gasteiger partial charge in [0.1, 0.15) is 0 Å². The van der Waals surface area contributed by atoms with Crippen molar-refractivity contribution in [3.05, 3.63) is 0 Å². The molecule has 0 aromatic carbocycles. The Morgan fingerprint density at radius 3 is 0.585 bits per heavy atom. The monoisotopic (exact) mass is 945 g/mol. The first-order chi connectivity index (χ1) is 30.5. The molecule has 11 heteroatoms. The van der Waals surface area contributed by atoms with E-state index >= 15 is 0 Å². The summed E-state index contributed by atoms with van der Waals surface area (Å²) in [6.45, 7) is 6.62. The van der Waals surface area contributed by atoms with Crippen LogP contribution in [0.4, 0.5) is 0 Å². The third-order valence-electron chi connectivity index (χ3n) is 12.2. The van der Waals surface area contributed by atoms with Gasteiger partial charge in [-0.1, -0.05) is 233 Å². The summed E-state index contributed by atoms with van der Waals surface area (Å²) in [5.74, 6) is -2.78. The van der Waals surface area contributed by atoms with Gasteiger partial charge in [0.25, 0.3) is 0 Å². The molecule has 0 radical (unpaired) electrons. The van der Waals surface area contributed by atoms with E-state index in [1.54, 1.807) is 0 Å². The molecule has 9 nitrogen and oxygen atoms in total. The van der Waals surface area contributed by atoms with E-state index in [2.05, 4.69) is 20.8 Å². The number of carbonyl (C=O) groups excluding carboxylic acids is 3. The van der Waals surface area contributed by atoms with E-state index in [1.165, 1.54) is 154 Å². The molecule has 0 fully saturated rings. The fourth-order valence-corrected chi connectivity index (χ4v) is 7.98. The zero-order valence-corrected chi connectivity index (χ0v) is 45.8. The van der Waals surface area contributed by atoms with Crippen molar-refractivity contribution in [2.24, 2.45) is 0 Å². The van der Waals surface area contributed by atoms with Crippen LogP contribution >= 0.6 is 0 Å². The van der Waals surface area contributed by atoms with Gasteiger partial charge in [-0.3, -0.25) is 0 Å². The van der Waals surface area contributed by atoms with Crippen LogP contribution in [0.25, 0.3) is 0 Å². The SMILES string of the molecule is CCCCCCC(O)CCCCCCCCCCC(=O)[O-].CCCCCCC(O)CCCCCCCCCCC(=O)[O-].CCCCCCC(O)CCCCCCCCCCC(=O)[O-].[Ca+2].[Li+]. The molecule has 378 valence electrons. The zero-order valence-electron chi connectivity index (χ0n) is 43.6. The largest absolute Gasteiger partial charge is 2.00 e. The molecule has 0 spiro atoms. The molecule has 0 saturated carbocycles. The molecule has 0 rings (SSSR count). The average molecular weight is 945 g/mol. The number of aliphatic hydroxyl groups excluding tert-OH is 3. The Morgan fingerprint density at radius 2 is 0.431 bits per heavy atom.